The van der Waals surface area contributed by atoms with Crippen molar-refractivity contribution in [3.63, 3.8) is 0 Å². The topological polar surface area (TPSA) is 97.4 Å². The third kappa shape index (κ3) is 3.21. The fourth-order valence-electron chi connectivity index (χ4n) is 2.93. The molecule has 0 saturated carbocycles. The minimum atomic E-state index is 0.0818. The van der Waals surface area contributed by atoms with Crippen LogP contribution in [0.1, 0.15) is 5.56 Å². The lowest BCUT2D eigenvalue weighted by Crippen LogP contribution is -2.26. The van der Waals surface area contributed by atoms with Crippen LogP contribution in [-0.4, -0.2) is 33.2 Å². The molecule has 1 aromatic carbocycles. The molecule has 3 N–H and O–H groups in total. The quantitative estimate of drug-likeness (QED) is 0.716. The van der Waals surface area contributed by atoms with E-state index in [2.05, 4.69) is 15.0 Å². The second-order valence-corrected chi connectivity index (χ2v) is 6.32. The van der Waals surface area contributed by atoms with Crippen LogP contribution in [0.25, 0.3) is 11.3 Å². The number of phenolic OH excluding ortho intramolecular Hbond substituents is 1. The summed E-state index contributed by atoms with van der Waals surface area (Å²) in [6.07, 6.45) is 3.20. The number of ether oxygens (including phenoxy) is 1. The van der Waals surface area contributed by atoms with E-state index in [1.54, 1.807) is 30.6 Å². The summed E-state index contributed by atoms with van der Waals surface area (Å²) in [7, 11) is 0. The van der Waals surface area contributed by atoms with Crippen LogP contribution in [-0.2, 0) is 6.54 Å². The normalized spacial score (nSPS) is 13.7. The van der Waals surface area contributed by atoms with Gasteiger partial charge in [0.15, 0.2) is 11.5 Å². The van der Waals surface area contributed by atoms with Crippen molar-refractivity contribution < 1.29 is 9.84 Å². The minimum absolute atomic E-state index is 0.0818. The molecule has 3 heterocycles. The highest BCUT2D eigenvalue weighted by Crippen LogP contribution is 2.37. The van der Waals surface area contributed by atoms with Gasteiger partial charge in [-0.1, -0.05) is 11.6 Å². The predicted molar refractivity (Wildman–Crippen MR) is 99.3 cm³/mol. The van der Waals surface area contributed by atoms with Gasteiger partial charge in [-0.25, -0.2) is 4.98 Å². The van der Waals surface area contributed by atoms with Gasteiger partial charge in [-0.2, -0.15) is 4.98 Å². The van der Waals surface area contributed by atoms with Gasteiger partial charge in [0.25, 0.3) is 0 Å². The fourth-order valence-corrected chi connectivity index (χ4v) is 3.04. The van der Waals surface area contributed by atoms with Gasteiger partial charge in [0.2, 0.25) is 5.95 Å². The van der Waals surface area contributed by atoms with Gasteiger partial charge in [-0.15, -0.1) is 0 Å². The predicted octanol–water partition coefficient (Wildman–Crippen LogP) is 2.88. The summed E-state index contributed by atoms with van der Waals surface area (Å²) >= 11 is 5.91. The zero-order valence-electron chi connectivity index (χ0n) is 13.8. The van der Waals surface area contributed by atoms with Crippen LogP contribution in [0.4, 0.5) is 11.8 Å². The molecule has 7 nitrogen and oxygen atoms in total. The highest BCUT2D eigenvalue weighted by atomic mass is 35.5. The lowest BCUT2D eigenvalue weighted by atomic mass is 10.0. The first-order chi connectivity index (χ1) is 12.6. The van der Waals surface area contributed by atoms with Crippen LogP contribution in [0.3, 0.4) is 0 Å². The van der Waals surface area contributed by atoms with Crippen molar-refractivity contribution in [3.05, 3.63) is 53.3 Å². The van der Waals surface area contributed by atoms with E-state index in [-0.39, 0.29) is 11.7 Å². The number of benzene rings is 1. The molecule has 1 aliphatic rings. The number of hydrogen-bond donors (Lipinski definition) is 2. The number of nitrogens with zero attached hydrogens (tertiary/aromatic N) is 4. The Kier molecular flexibility index (Phi) is 4.22. The van der Waals surface area contributed by atoms with E-state index in [9.17, 15) is 5.11 Å². The number of aromatic hydroxyl groups is 1. The number of hydrogen-bond acceptors (Lipinski definition) is 7. The highest BCUT2D eigenvalue weighted by Gasteiger charge is 2.21. The summed E-state index contributed by atoms with van der Waals surface area (Å²) in [6.45, 7) is 1.54. The first-order valence-corrected chi connectivity index (χ1v) is 8.42. The number of pyridine rings is 1. The van der Waals surface area contributed by atoms with E-state index in [0.717, 1.165) is 16.8 Å². The average molecular weight is 370 g/mol. The van der Waals surface area contributed by atoms with Crippen LogP contribution >= 0.6 is 11.6 Å². The smallest absolute Gasteiger partial charge is 0.221 e. The first-order valence-electron chi connectivity index (χ1n) is 8.04. The summed E-state index contributed by atoms with van der Waals surface area (Å²) in [4.78, 5) is 14.5. The number of halogens is 1. The van der Waals surface area contributed by atoms with Crippen molar-refractivity contribution in [1.82, 2.24) is 15.0 Å². The molecule has 0 spiro atoms. The molecule has 0 unspecified atom stereocenters. The number of phenols is 1. The molecule has 0 radical (unpaired) electrons. The Labute approximate surface area is 155 Å². The molecule has 8 heteroatoms. The molecular weight excluding hydrogens is 354 g/mol. The van der Waals surface area contributed by atoms with Gasteiger partial charge in [0.1, 0.15) is 12.4 Å². The Morgan fingerprint density at radius 1 is 1.19 bits per heavy atom. The molecule has 0 saturated heterocycles. The maximum Gasteiger partial charge on any atom is 0.221 e. The molecule has 1 aliphatic heterocycles. The number of fused-ring (bicyclic) bond motifs is 1. The first kappa shape index (κ1) is 16.4. The summed E-state index contributed by atoms with van der Waals surface area (Å²) in [5.74, 6) is 1.49. The van der Waals surface area contributed by atoms with Crippen molar-refractivity contribution in [2.24, 2.45) is 0 Å². The summed E-state index contributed by atoms with van der Waals surface area (Å²) in [5.41, 5.74) is 8.04. The van der Waals surface area contributed by atoms with Gasteiger partial charge in [-0.05, 0) is 30.3 Å². The van der Waals surface area contributed by atoms with Crippen LogP contribution in [0.2, 0.25) is 5.02 Å². The average Bonchev–Trinajstić information content (AvgIpc) is 2.85. The number of nitrogen functional groups attached to an aromatic ring is 1. The Morgan fingerprint density at radius 2 is 2.08 bits per heavy atom. The Bertz CT molecular complexity index is 949. The Hall–Kier alpha value is -3.06. The molecular formula is C18H16ClN5O2. The molecule has 2 aromatic heterocycles. The zero-order valence-corrected chi connectivity index (χ0v) is 14.5. The van der Waals surface area contributed by atoms with E-state index >= 15 is 0 Å². The Balaban J connectivity index is 1.73. The molecule has 3 aromatic rings. The van der Waals surface area contributed by atoms with Crippen LogP contribution in [0.15, 0.2) is 42.7 Å². The van der Waals surface area contributed by atoms with Crippen molar-refractivity contribution in [2.45, 2.75) is 6.54 Å². The second kappa shape index (κ2) is 6.68. The van der Waals surface area contributed by atoms with Gasteiger partial charge in [0, 0.05) is 30.1 Å². The lowest BCUT2D eigenvalue weighted by Gasteiger charge is -2.21. The van der Waals surface area contributed by atoms with E-state index in [0.29, 0.717) is 36.3 Å². The third-order valence-corrected chi connectivity index (χ3v) is 4.35. The molecule has 4 rings (SSSR count). The van der Waals surface area contributed by atoms with E-state index in [1.807, 2.05) is 17.0 Å². The summed E-state index contributed by atoms with van der Waals surface area (Å²) < 4.78 is 5.76. The number of aromatic nitrogens is 3. The van der Waals surface area contributed by atoms with Crippen molar-refractivity contribution >= 4 is 23.4 Å². The van der Waals surface area contributed by atoms with Gasteiger partial charge in [0.05, 0.1) is 17.3 Å². The van der Waals surface area contributed by atoms with Crippen LogP contribution in [0, 0.1) is 0 Å². The van der Waals surface area contributed by atoms with Crippen LogP contribution in [0.5, 0.6) is 11.5 Å². The zero-order chi connectivity index (χ0) is 18.1. The largest absolute Gasteiger partial charge is 0.504 e. The lowest BCUT2D eigenvalue weighted by molar-refractivity contribution is 0.311. The molecule has 0 amide bonds. The number of anilines is 2. The fraction of sp³-hybridized carbons (Fsp3) is 0.167. The molecule has 26 heavy (non-hydrogen) atoms. The summed E-state index contributed by atoms with van der Waals surface area (Å²) in [5, 5.41) is 11.0. The van der Waals surface area contributed by atoms with Gasteiger partial charge in [-0.3, -0.25) is 4.98 Å². The van der Waals surface area contributed by atoms with E-state index in [1.165, 1.54) is 0 Å². The SMILES string of the molecule is Nc1nccc(N2CCOc3c(O)cc(-c4ccc(Cl)cn4)cc3C2)n1. The maximum absolute atomic E-state index is 10.4. The number of rotatable bonds is 2. The van der Waals surface area contributed by atoms with Crippen LogP contribution < -0.4 is 15.4 Å². The summed E-state index contributed by atoms with van der Waals surface area (Å²) in [6, 6.07) is 8.97. The van der Waals surface area contributed by atoms with Crippen molar-refractivity contribution in [1.29, 1.82) is 0 Å². The third-order valence-electron chi connectivity index (χ3n) is 4.12. The molecule has 0 bridgehead atoms. The molecule has 0 atom stereocenters. The molecule has 132 valence electrons. The monoisotopic (exact) mass is 369 g/mol. The maximum atomic E-state index is 10.4. The number of nitrogens with two attached hydrogens (primary N) is 1. The van der Waals surface area contributed by atoms with E-state index < -0.39 is 0 Å². The highest BCUT2D eigenvalue weighted by molar-refractivity contribution is 6.30. The second-order valence-electron chi connectivity index (χ2n) is 5.89. The molecule has 0 fully saturated rings. The van der Waals surface area contributed by atoms with Crippen molar-refractivity contribution in [3.8, 4) is 22.8 Å². The molecule has 0 aliphatic carbocycles. The minimum Gasteiger partial charge on any atom is -0.504 e. The van der Waals surface area contributed by atoms with Gasteiger partial charge < -0.3 is 20.5 Å². The Morgan fingerprint density at radius 3 is 2.85 bits per heavy atom. The van der Waals surface area contributed by atoms with Gasteiger partial charge >= 0.3 is 0 Å². The standard InChI is InChI=1S/C18H16ClN5O2/c19-13-1-2-14(22-9-13)11-7-12-10-24(16-3-4-21-18(20)23-16)5-6-26-17(12)15(25)8-11/h1-4,7-9,25H,5-6,10H2,(H2,20,21,23). The van der Waals surface area contributed by atoms with E-state index in [4.69, 9.17) is 22.1 Å². The van der Waals surface area contributed by atoms with Crippen molar-refractivity contribution in [2.75, 3.05) is 23.8 Å².